The first kappa shape index (κ1) is 18.3. The standard InChI is InChI=1S/C18H18Cl2N2O2/c1-2-3-18(21-10-12-8-14(19)4-6-16(12)23)22-11-13-9-15(20)5-7-17(13)24/h4-11,18,23-24H,2-3H2,1H3/b21-10+,22-11+. The number of benzene rings is 2. The molecular weight excluding hydrogens is 347 g/mol. The van der Waals surface area contributed by atoms with Gasteiger partial charge in [-0.25, -0.2) is 0 Å². The number of hydrogen-bond acceptors (Lipinski definition) is 4. The predicted molar refractivity (Wildman–Crippen MR) is 100 cm³/mol. The molecule has 0 saturated heterocycles. The Kier molecular flexibility index (Phi) is 6.64. The fourth-order valence-corrected chi connectivity index (χ4v) is 2.40. The van der Waals surface area contributed by atoms with Crippen LogP contribution in [0, 0.1) is 0 Å². The lowest BCUT2D eigenvalue weighted by Crippen LogP contribution is -2.02. The highest BCUT2D eigenvalue weighted by atomic mass is 35.5. The molecule has 2 aromatic carbocycles. The van der Waals surface area contributed by atoms with E-state index in [1.807, 2.05) is 6.92 Å². The number of phenols is 2. The molecule has 0 heterocycles. The van der Waals surface area contributed by atoms with E-state index in [4.69, 9.17) is 23.2 Å². The van der Waals surface area contributed by atoms with Crippen LogP contribution in [0.4, 0.5) is 0 Å². The van der Waals surface area contributed by atoms with Crippen LogP contribution in [0.25, 0.3) is 0 Å². The Morgan fingerprint density at radius 1 is 0.917 bits per heavy atom. The van der Waals surface area contributed by atoms with E-state index >= 15 is 0 Å². The molecule has 0 aliphatic heterocycles. The summed E-state index contributed by atoms with van der Waals surface area (Å²) in [6.45, 7) is 2.03. The summed E-state index contributed by atoms with van der Waals surface area (Å²) in [6, 6.07) is 9.53. The lowest BCUT2D eigenvalue weighted by Gasteiger charge is -2.07. The normalized spacial score (nSPS) is 11.8. The largest absolute Gasteiger partial charge is 0.507 e. The molecule has 4 nitrogen and oxygen atoms in total. The number of halogens is 2. The first-order chi connectivity index (χ1) is 11.5. The van der Waals surface area contributed by atoms with E-state index in [0.717, 1.165) is 12.8 Å². The Morgan fingerprint density at radius 3 is 1.79 bits per heavy atom. The molecule has 0 fully saturated rings. The Hall–Kier alpha value is -2.04. The van der Waals surface area contributed by atoms with E-state index in [9.17, 15) is 10.2 Å². The van der Waals surface area contributed by atoms with E-state index in [1.165, 1.54) is 12.1 Å². The second-order valence-corrected chi connectivity index (χ2v) is 6.10. The van der Waals surface area contributed by atoms with Crippen LogP contribution < -0.4 is 0 Å². The Balaban J connectivity index is 2.20. The van der Waals surface area contributed by atoms with Gasteiger partial charge in [-0.15, -0.1) is 0 Å². The van der Waals surface area contributed by atoms with Crippen LogP contribution in [-0.2, 0) is 0 Å². The average Bonchev–Trinajstić information content (AvgIpc) is 2.56. The molecule has 0 bridgehead atoms. The van der Waals surface area contributed by atoms with Gasteiger partial charge in [-0.2, -0.15) is 0 Å². The van der Waals surface area contributed by atoms with Gasteiger partial charge >= 0.3 is 0 Å². The van der Waals surface area contributed by atoms with Crippen LogP contribution in [0.3, 0.4) is 0 Å². The Bertz CT molecular complexity index is 699. The van der Waals surface area contributed by atoms with Crippen LogP contribution >= 0.6 is 23.2 Å². The molecule has 2 rings (SSSR count). The summed E-state index contributed by atoms with van der Waals surface area (Å²) < 4.78 is 0. The monoisotopic (exact) mass is 364 g/mol. The van der Waals surface area contributed by atoms with E-state index in [1.54, 1.807) is 36.7 Å². The van der Waals surface area contributed by atoms with E-state index in [0.29, 0.717) is 21.2 Å². The zero-order chi connectivity index (χ0) is 17.5. The SMILES string of the molecule is CCCC(/N=C/c1cc(Cl)ccc1O)/N=C/c1cc(Cl)ccc1O. The first-order valence-corrected chi connectivity index (χ1v) is 8.28. The summed E-state index contributed by atoms with van der Waals surface area (Å²) in [7, 11) is 0. The predicted octanol–water partition coefficient (Wildman–Crippen LogP) is 5.07. The van der Waals surface area contributed by atoms with Gasteiger partial charge < -0.3 is 10.2 Å². The van der Waals surface area contributed by atoms with Crippen LogP contribution in [0.2, 0.25) is 10.0 Å². The van der Waals surface area contributed by atoms with Crippen molar-refractivity contribution in [3.05, 3.63) is 57.6 Å². The third-order valence-corrected chi connectivity index (χ3v) is 3.77. The minimum absolute atomic E-state index is 0.106. The van der Waals surface area contributed by atoms with Crippen molar-refractivity contribution in [3.63, 3.8) is 0 Å². The molecule has 2 aromatic rings. The second-order valence-electron chi connectivity index (χ2n) is 5.23. The summed E-state index contributed by atoms with van der Waals surface area (Å²) in [6.07, 6.45) is 4.40. The van der Waals surface area contributed by atoms with Gasteiger partial charge in [0.1, 0.15) is 17.7 Å². The highest BCUT2D eigenvalue weighted by Gasteiger charge is 2.05. The number of rotatable bonds is 6. The van der Waals surface area contributed by atoms with Gasteiger partial charge in [0, 0.05) is 33.6 Å². The van der Waals surface area contributed by atoms with Crippen LogP contribution in [0.1, 0.15) is 30.9 Å². The number of aromatic hydroxyl groups is 2. The molecule has 0 aromatic heterocycles. The smallest absolute Gasteiger partial charge is 0.139 e. The van der Waals surface area contributed by atoms with Crippen molar-refractivity contribution in [3.8, 4) is 11.5 Å². The number of phenolic OH excluding ortho intramolecular Hbond substituents is 2. The van der Waals surface area contributed by atoms with Crippen molar-refractivity contribution >= 4 is 35.6 Å². The van der Waals surface area contributed by atoms with E-state index in [2.05, 4.69) is 9.98 Å². The molecule has 2 N–H and O–H groups in total. The lowest BCUT2D eigenvalue weighted by atomic mass is 10.2. The third kappa shape index (κ3) is 5.25. The van der Waals surface area contributed by atoms with Gasteiger partial charge in [0.2, 0.25) is 0 Å². The minimum Gasteiger partial charge on any atom is -0.507 e. The summed E-state index contributed by atoms with van der Waals surface area (Å²) in [5.41, 5.74) is 1.06. The van der Waals surface area contributed by atoms with Crippen molar-refractivity contribution < 1.29 is 10.2 Å². The fraction of sp³-hybridized carbons (Fsp3) is 0.222. The molecule has 24 heavy (non-hydrogen) atoms. The molecule has 0 unspecified atom stereocenters. The Labute approximate surface area is 151 Å². The quantitative estimate of drug-likeness (QED) is 0.702. The third-order valence-electron chi connectivity index (χ3n) is 3.30. The zero-order valence-corrected chi connectivity index (χ0v) is 14.7. The maximum absolute atomic E-state index is 9.82. The highest BCUT2D eigenvalue weighted by molar-refractivity contribution is 6.31. The fourth-order valence-electron chi connectivity index (χ4n) is 2.04. The molecule has 0 spiro atoms. The van der Waals surface area contributed by atoms with Crippen molar-refractivity contribution in [2.45, 2.75) is 25.9 Å². The van der Waals surface area contributed by atoms with Gasteiger partial charge in [-0.05, 0) is 42.8 Å². The molecule has 0 amide bonds. The van der Waals surface area contributed by atoms with Crippen LogP contribution in [-0.4, -0.2) is 28.8 Å². The molecule has 0 radical (unpaired) electrons. The summed E-state index contributed by atoms with van der Waals surface area (Å²) in [4.78, 5) is 8.79. The highest BCUT2D eigenvalue weighted by Crippen LogP contribution is 2.21. The van der Waals surface area contributed by atoms with Gasteiger partial charge in [0.25, 0.3) is 0 Å². The van der Waals surface area contributed by atoms with Crippen molar-refractivity contribution in [2.75, 3.05) is 0 Å². The maximum Gasteiger partial charge on any atom is 0.139 e. The van der Waals surface area contributed by atoms with Gasteiger partial charge in [0.05, 0.1) is 0 Å². The maximum atomic E-state index is 9.82. The second kappa shape index (κ2) is 8.71. The summed E-state index contributed by atoms with van der Waals surface area (Å²) >= 11 is 11.8. The molecule has 0 aliphatic carbocycles. The molecular formula is C18H18Cl2N2O2. The van der Waals surface area contributed by atoms with Crippen LogP contribution in [0.15, 0.2) is 46.4 Å². The van der Waals surface area contributed by atoms with Crippen molar-refractivity contribution in [2.24, 2.45) is 9.98 Å². The van der Waals surface area contributed by atoms with Crippen molar-refractivity contribution in [1.29, 1.82) is 0 Å². The summed E-state index contributed by atoms with van der Waals surface area (Å²) in [5.74, 6) is 0.213. The average molecular weight is 365 g/mol. The minimum atomic E-state index is -0.327. The van der Waals surface area contributed by atoms with Gasteiger partial charge in [0.15, 0.2) is 0 Å². The molecule has 0 atom stereocenters. The lowest BCUT2D eigenvalue weighted by molar-refractivity contribution is 0.474. The van der Waals surface area contributed by atoms with Gasteiger partial charge in [-0.1, -0.05) is 36.5 Å². The number of aliphatic imine (C=N–C) groups is 2. The Morgan fingerprint density at radius 2 is 1.38 bits per heavy atom. The zero-order valence-electron chi connectivity index (χ0n) is 13.2. The van der Waals surface area contributed by atoms with Crippen LogP contribution in [0.5, 0.6) is 11.5 Å². The molecule has 0 saturated carbocycles. The van der Waals surface area contributed by atoms with E-state index in [-0.39, 0.29) is 17.7 Å². The van der Waals surface area contributed by atoms with E-state index < -0.39 is 0 Å². The molecule has 0 aliphatic rings. The summed E-state index contributed by atoms with van der Waals surface area (Å²) in [5, 5.41) is 20.7. The van der Waals surface area contributed by atoms with Gasteiger partial charge in [-0.3, -0.25) is 9.98 Å². The number of nitrogens with zero attached hydrogens (tertiary/aromatic N) is 2. The number of hydrogen-bond donors (Lipinski definition) is 2. The van der Waals surface area contributed by atoms with Crippen molar-refractivity contribution in [1.82, 2.24) is 0 Å². The molecule has 6 heteroatoms. The topological polar surface area (TPSA) is 65.2 Å². The molecule has 126 valence electrons. The first-order valence-electron chi connectivity index (χ1n) is 7.53.